The van der Waals surface area contributed by atoms with Crippen LogP contribution in [0.1, 0.15) is 36.5 Å². The zero-order valence-corrected chi connectivity index (χ0v) is 23.5. The summed E-state index contributed by atoms with van der Waals surface area (Å²) in [6, 6.07) is 21.1. The maximum absolute atomic E-state index is 14.0. The number of hydrogen-bond donors (Lipinski definition) is 1. The summed E-state index contributed by atoms with van der Waals surface area (Å²) in [7, 11) is -3.95. The van der Waals surface area contributed by atoms with Gasteiger partial charge in [-0.2, -0.15) is 0 Å². The van der Waals surface area contributed by atoms with Crippen LogP contribution in [0, 0.1) is 12.7 Å². The number of nitrogens with one attached hydrogen (secondary N) is 1. The van der Waals surface area contributed by atoms with Crippen LogP contribution in [0.4, 0.5) is 10.1 Å². The molecule has 9 heteroatoms. The number of amides is 2. The number of unbranched alkanes of at least 4 members (excludes halogenated alkanes) is 1. The molecule has 3 rings (SSSR count). The lowest BCUT2D eigenvalue weighted by atomic mass is 10.0. The Balaban J connectivity index is 2.04. The molecule has 0 aromatic heterocycles. The van der Waals surface area contributed by atoms with Crippen LogP contribution >= 0.6 is 0 Å². The van der Waals surface area contributed by atoms with Crippen LogP contribution in [0.3, 0.4) is 0 Å². The maximum Gasteiger partial charge on any atom is 0.244 e. The van der Waals surface area contributed by atoms with Gasteiger partial charge < -0.3 is 10.2 Å². The van der Waals surface area contributed by atoms with Gasteiger partial charge in [0.25, 0.3) is 0 Å². The molecule has 0 fully saturated rings. The fraction of sp³-hybridized carbons (Fsp3) is 0.333. The number of sulfonamides is 1. The number of carbonyl (C=O) groups excluding carboxylic acids is 2. The molecule has 0 aliphatic heterocycles. The van der Waals surface area contributed by atoms with Gasteiger partial charge >= 0.3 is 0 Å². The summed E-state index contributed by atoms with van der Waals surface area (Å²) in [5.41, 5.74) is 2.67. The highest BCUT2D eigenvalue weighted by atomic mass is 32.2. The number of carbonyl (C=O) groups is 2. The van der Waals surface area contributed by atoms with E-state index in [0.29, 0.717) is 6.54 Å². The standard InChI is InChI=1S/C30H36FN3O4S/c1-4-5-18-32-30(36)28(19-24-13-7-6-8-14-24)33(21-25-15-10-9-12-23(25)2)29(35)22-34(39(3,37)38)27-17-11-16-26(31)20-27/h6-17,20,28H,4-5,18-19,21-22H2,1-3H3,(H,32,36)/t28-/m0/s1. The van der Waals surface area contributed by atoms with E-state index in [0.717, 1.165) is 46.2 Å². The maximum atomic E-state index is 14.0. The molecule has 3 aromatic rings. The highest BCUT2D eigenvalue weighted by molar-refractivity contribution is 7.92. The fourth-order valence-electron chi connectivity index (χ4n) is 4.28. The SMILES string of the molecule is CCCCNC(=O)[C@H](Cc1ccccc1)N(Cc1ccccc1C)C(=O)CN(c1cccc(F)c1)S(C)(=O)=O. The molecule has 0 spiro atoms. The zero-order valence-electron chi connectivity index (χ0n) is 22.6. The third kappa shape index (κ3) is 8.64. The van der Waals surface area contributed by atoms with Gasteiger partial charge in [-0.3, -0.25) is 13.9 Å². The molecule has 1 atom stereocenters. The van der Waals surface area contributed by atoms with Gasteiger partial charge in [-0.25, -0.2) is 12.8 Å². The number of hydrogen-bond acceptors (Lipinski definition) is 4. The largest absolute Gasteiger partial charge is 0.354 e. The van der Waals surface area contributed by atoms with Crippen LogP contribution in [-0.4, -0.2) is 50.5 Å². The second-order valence-electron chi connectivity index (χ2n) is 9.55. The second kappa shape index (κ2) is 13.9. The van der Waals surface area contributed by atoms with Gasteiger partial charge in [0.1, 0.15) is 18.4 Å². The number of halogens is 1. The van der Waals surface area contributed by atoms with Crippen LogP contribution in [0.15, 0.2) is 78.9 Å². The van der Waals surface area contributed by atoms with E-state index in [2.05, 4.69) is 5.32 Å². The summed E-state index contributed by atoms with van der Waals surface area (Å²) in [5, 5.41) is 2.95. The fourth-order valence-corrected chi connectivity index (χ4v) is 5.12. The average molecular weight is 554 g/mol. The van der Waals surface area contributed by atoms with Gasteiger partial charge in [-0.05, 0) is 48.2 Å². The Morgan fingerprint density at radius 1 is 0.974 bits per heavy atom. The van der Waals surface area contributed by atoms with Crippen LogP contribution in [0.5, 0.6) is 0 Å². The second-order valence-corrected chi connectivity index (χ2v) is 11.5. The van der Waals surface area contributed by atoms with Crippen LogP contribution in [-0.2, 0) is 32.6 Å². The predicted molar refractivity (Wildman–Crippen MR) is 152 cm³/mol. The Bertz CT molecular complexity index is 1370. The number of aryl methyl sites for hydroxylation is 1. The molecule has 0 bridgehead atoms. The molecule has 0 radical (unpaired) electrons. The Kier molecular flexibility index (Phi) is 10.6. The van der Waals surface area contributed by atoms with Gasteiger partial charge in [0.15, 0.2) is 0 Å². The Morgan fingerprint density at radius 2 is 1.67 bits per heavy atom. The first-order valence-electron chi connectivity index (χ1n) is 13.0. The summed E-state index contributed by atoms with van der Waals surface area (Å²) in [6.07, 6.45) is 2.90. The van der Waals surface area contributed by atoms with Crippen LogP contribution in [0.25, 0.3) is 0 Å². The summed E-state index contributed by atoms with van der Waals surface area (Å²) < 4.78 is 40.3. The number of rotatable bonds is 13. The van der Waals surface area contributed by atoms with Crippen molar-refractivity contribution in [3.63, 3.8) is 0 Å². The van der Waals surface area contributed by atoms with E-state index in [1.807, 2.05) is 68.4 Å². The molecule has 0 unspecified atom stereocenters. The molecule has 7 nitrogen and oxygen atoms in total. The molecular weight excluding hydrogens is 517 g/mol. The third-order valence-electron chi connectivity index (χ3n) is 6.48. The minimum Gasteiger partial charge on any atom is -0.354 e. The topological polar surface area (TPSA) is 86.8 Å². The molecule has 0 aliphatic rings. The normalized spacial score (nSPS) is 12.0. The quantitative estimate of drug-likeness (QED) is 0.317. The van der Waals surface area contributed by atoms with Crippen molar-refractivity contribution in [1.82, 2.24) is 10.2 Å². The van der Waals surface area contributed by atoms with Crippen molar-refractivity contribution < 1.29 is 22.4 Å². The summed E-state index contributed by atoms with van der Waals surface area (Å²) >= 11 is 0. The van der Waals surface area contributed by atoms with Gasteiger partial charge in [0, 0.05) is 19.5 Å². The molecule has 2 amide bonds. The number of nitrogens with zero attached hydrogens (tertiary/aromatic N) is 2. The Labute approximate surface area is 230 Å². The zero-order chi connectivity index (χ0) is 28.4. The highest BCUT2D eigenvalue weighted by Crippen LogP contribution is 2.22. The van der Waals surface area contributed by atoms with Crippen molar-refractivity contribution in [3.05, 3.63) is 101 Å². The Hall–Kier alpha value is -3.72. The van der Waals surface area contributed by atoms with Crippen molar-refractivity contribution in [2.24, 2.45) is 0 Å². The molecule has 39 heavy (non-hydrogen) atoms. The van der Waals surface area contributed by atoms with Crippen molar-refractivity contribution in [2.75, 3.05) is 23.7 Å². The van der Waals surface area contributed by atoms with E-state index in [1.54, 1.807) is 0 Å². The Morgan fingerprint density at radius 3 is 2.31 bits per heavy atom. The minimum absolute atomic E-state index is 0.0358. The van der Waals surface area contributed by atoms with Crippen molar-refractivity contribution in [3.8, 4) is 0 Å². The van der Waals surface area contributed by atoms with E-state index in [-0.39, 0.29) is 24.6 Å². The number of benzene rings is 3. The van der Waals surface area contributed by atoms with Crippen LogP contribution in [0.2, 0.25) is 0 Å². The molecule has 208 valence electrons. The summed E-state index contributed by atoms with van der Waals surface area (Å²) in [5.74, 6) is -1.51. The van der Waals surface area contributed by atoms with Crippen molar-refractivity contribution in [1.29, 1.82) is 0 Å². The monoisotopic (exact) mass is 553 g/mol. The molecule has 3 aromatic carbocycles. The molecule has 0 heterocycles. The molecule has 0 aliphatic carbocycles. The smallest absolute Gasteiger partial charge is 0.244 e. The molecule has 1 N–H and O–H groups in total. The molecule has 0 saturated carbocycles. The summed E-state index contributed by atoms with van der Waals surface area (Å²) in [6.45, 7) is 3.92. The molecule has 0 saturated heterocycles. The van der Waals surface area contributed by atoms with E-state index in [4.69, 9.17) is 0 Å². The van der Waals surface area contributed by atoms with E-state index < -0.39 is 34.3 Å². The van der Waals surface area contributed by atoms with Gasteiger partial charge in [-0.1, -0.05) is 74.0 Å². The first-order valence-corrected chi connectivity index (χ1v) is 14.8. The predicted octanol–water partition coefficient (Wildman–Crippen LogP) is 4.46. The highest BCUT2D eigenvalue weighted by Gasteiger charge is 2.33. The minimum atomic E-state index is -3.95. The van der Waals surface area contributed by atoms with Crippen LogP contribution < -0.4 is 9.62 Å². The van der Waals surface area contributed by atoms with Gasteiger partial charge in [0.05, 0.1) is 11.9 Å². The van der Waals surface area contributed by atoms with E-state index in [9.17, 15) is 22.4 Å². The average Bonchev–Trinajstić information content (AvgIpc) is 2.90. The number of anilines is 1. The lowest BCUT2D eigenvalue weighted by Crippen LogP contribution is -2.53. The van der Waals surface area contributed by atoms with E-state index >= 15 is 0 Å². The summed E-state index contributed by atoms with van der Waals surface area (Å²) in [4.78, 5) is 29.0. The van der Waals surface area contributed by atoms with Gasteiger partial charge in [0.2, 0.25) is 21.8 Å². The van der Waals surface area contributed by atoms with Crippen molar-refractivity contribution in [2.45, 2.75) is 45.7 Å². The van der Waals surface area contributed by atoms with Gasteiger partial charge in [-0.15, -0.1) is 0 Å². The first kappa shape index (κ1) is 29.8. The lowest BCUT2D eigenvalue weighted by Gasteiger charge is -2.34. The first-order chi connectivity index (χ1) is 18.6. The lowest BCUT2D eigenvalue weighted by molar-refractivity contribution is -0.140. The molecular formula is C30H36FN3O4S. The third-order valence-corrected chi connectivity index (χ3v) is 7.62. The van der Waals surface area contributed by atoms with Crippen molar-refractivity contribution >= 4 is 27.5 Å². The van der Waals surface area contributed by atoms with E-state index in [1.165, 1.54) is 23.1 Å².